The summed E-state index contributed by atoms with van der Waals surface area (Å²) in [5.74, 6) is 0.224. The maximum Gasteiger partial charge on any atom is 0.280 e. The molecule has 1 aromatic rings. The first-order chi connectivity index (χ1) is 10.1. The zero-order valence-corrected chi connectivity index (χ0v) is 11.7. The van der Waals surface area contributed by atoms with Crippen molar-refractivity contribution < 1.29 is 19.2 Å². The van der Waals surface area contributed by atoms with Crippen molar-refractivity contribution >= 4 is 17.7 Å². The first kappa shape index (κ1) is 15.0. The number of benzene rings is 1. The van der Waals surface area contributed by atoms with E-state index in [0.29, 0.717) is 37.6 Å². The van der Waals surface area contributed by atoms with E-state index >= 15 is 0 Å². The first-order valence-corrected chi connectivity index (χ1v) is 6.49. The van der Waals surface area contributed by atoms with Crippen LogP contribution in [-0.4, -0.2) is 49.1 Å². The number of methoxy groups -OCH3 is 1. The van der Waals surface area contributed by atoms with Gasteiger partial charge in [0.2, 0.25) is 5.91 Å². The predicted molar refractivity (Wildman–Crippen MR) is 76.1 cm³/mol. The second-order valence-corrected chi connectivity index (χ2v) is 4.45. The third-order valence-electron chi connectivity index (χ3n) is 3.16. The molecule has 0 bridgehead atoms. The lowest BCUT2D eigenvalue weighted by Crippen LogP contribution is -2.39. The molecule has 1 heterocycles. The smallest absolute Gasteiger partial charge is 0.280 e. The van der Waals surface area contributed by atoms with Gasteiger partial charge < -0.3 is 14.4 Å². The third kappa shape index (κ3) is 3.79. The lowest BCUT2D eigenvalue weighted by Gasteiger charge is -2.25. The number of nitrogens with zero attached hydrogens (tertiary/aromatic N) is 2. The minimum Gasteiger partial charge on any atom is -0.497 e. The van der Waals surface area contributed by atoms with Crippen molar-refractivity contribution in [2.24, 2.45) is 0 Å². The summed E-state index contributed by atoms with van der Waals surface area (Å²) in [6, 6.07) is 4.50. The Morgan fingerprint density at radius 1 is 1.43 bits per heavy atom. The Hall–Kier alpha value is -2.41. The van der Waals surface area contributed by atoms with Gasteiger partial charge in [0.25, 0.3) is 5.69 Å². The number of nitro benzene ring substituents is 1. The van der Waals surface area contributed by atoms with Crippen molar-refractivity contribution in [3.63, 3.8) is 0 Å². The van der Waals surface area contributed by atoms with E-state index in [2.05, 4.69) is 0 Å². The molecule has 7 nitrogen and oxygen atoms in total. The average molecular weight is 292 g/mol. The van der Waals surface area contributed by atoms with E-state index in [1.807, 2.05) is 0 Å². The van der Waals surface area contributed by atoms with Gasteiger partial charge >= 0.3 is 0 Å². The highest BCUT2D eigenvalue weighted by molar-refractivity contribution is 5.92. The Kier molecular flexibility index (Phi) is 4.89. The summed E-state index contributed by atoms with van der Waals surface area (Å²) in [5, 5.41) is 11.0. The van der Waals surface area contributed by atoms with Crippen LogP contribution >= 0.6 is 0 Å². The van der Waals surface area contributed by atoms with Crippen molar-refractivity contribution in [1.29, 1.82) is 0 Å². The second-order valence-electron chi connectivity index (χ2n) is 4.45. The largest absolute Gasteiger partial charge is 0.497 e. The predicted octanol–water partition coefficient (Wildman–Crippen LogP) is 1.48. The van der Waals surface area contributed by atoms with Gasteiger partial charge in [-0.05, 0) is 18.2 Å². The van der Waals surface area contributed by atoms with E-state index in [-0.39, 0.29) is 11.6 Å². The summed E-state index contributed by atoms with van der Waals surface area (Å²) in [6.45, 7) is 2.10. The summed E-state index contributed by atoms with van der Waals surface area (Å²) in [5.41, 5.74) is 0.266. The van der Waals surface area contributed by atoms with Crippen LogP contribution in [0.25, 0.3) is 6.08 Å². The van der Waals surface area contributed by atoms with E-state index in [4.69, 9.17) is 9.47 Å². The van der Waals surface area contributed by atoms with E-state index in [1.165, 1.54) is 25.3 Å². The minimum absolute atomic E-state index is 0.0969. The molecule has 1 aromatic carbocycles. The Morgan fingerprint density at radius 2 is 2.14 bits per heavy atom. The van der Waals surface area contributed by atoms with Gasteiger partial charge in [0.05, 0.1) is 36.9 Å². The number of ether oxygens (including phenoxy) is 2. The quantitative estimate of drug-likeness (QED) is 0.477. The molecular weight excluding hydrogens is 276 g/mol. The van der Waals surface area contributed by atoms with Crippen LogP contribution < -0.4 is 4.74 Å². The Labute approximate surface area is 121 Å². The second kappa shape index (κ2) is 6.85. The SMILES string of the molecule is COc1ccc(C=CC(=O)N2CCOCC2)c([N+](=O)[O-])c1. The zero-order valence-electron chi connectivity index (χ0n) is 11.7. The lowest BCUT2D eigenvalue weighted by atomic mass is 10.1. The van der Waals surface area contributed by atoms with Crippen LogP contribution in [0, 0.1) is 10.1 Å². The summed E-state index contributed by atoms with van der Waals surface area (Å²) in [6.07, 6.45) is 2.80. The fourth-order valence-corrected chi connectivity index (χ4v) is 2.00. The molecule has 1 aliphatic heterocycles. The molecule has 0 N–H and O–H groups in total. The van der Waals surface area contributed by atoms with Gasteiger partial charge in [0.1, 0.15) is 5.75 Å². The Morgan fingerprint density at radius 3 is 2.76 bits per heavy atom. The van der Waals surface area contributed by atoms with Gasteiger partial charge in [-0.1, -0.05) is 0 Å². The molecule has 1 saturated heterocycles. The summed E-state index contributed by atoms with van der Waals surface area (Å²) in [7, 11) is 1.44. The van der Waals surface area contributed by atoms with Crippen LogP contribution in [0.5, 0.6) is 5.75 Å². The van der Waals surface area contributed by atoms with Gasteiger partial charge in [-0.25, -0.2) is 0 Å². The Bertz CT molecular complexity index is 564. The fraction of sp³-hybridized carbons (Fsp3) is 0.357. The molecular formula is C14H16N2O5. The molecule has 112 valence electrons. The zero-order chi connectivity index (χ0) is 15.2. The lowest BCUT2D eigenvalue weighted by molar-refractivity contribution is -0.385. The molecule has 7 heteroatoms. The molecule has 0 aliphatic carbocycles. The summed E-state index contributed by atoms with van der Waals surface area (Å²) in [4.78, 5) is 24.2. The molecule has 0 saturated carbocycles. The van der Waals surface area contributed by atoms with Crippen molar-refractivity contribution in [3.05, 3.63) is 40.0 Å². The highest BCUT2D eigenvalue weighted by Crippen LogP contribution is 2.25. The monoisotopic (exact) mass is 292 g/mol. The highest BCUT2D eigenvalue weighted by atomic mass is 16.6. The van der Waals surface area contributed by atoms with Gasteiger partial charge in [-0.15, -0.1) is 0 Å². The van der Waals surface area contributed by atoms with Gasteiger partial charge in [-0.3, -0.25) is 14.9 Å². The molecule has 21 heavy (non-hydrogen) atoms. The summed E-state index contributed by atoms with van der Waals surface area (Å²) >= 11 is 0. The van der Waals surface area contributed by atoms with Crippen molar-refractivity contribution in [1.82, 2.24) is 4.90 Å². The number of carbonyl (C=O) groups excluding carboxylic acids is 1. The van der Waals surface area contributed by atoms with Gasteiger partial charge in [0.15, 0.2) is 0 Å². The molecule has 0 atom stereocenters. The number of morpholine rings is 1. The fourth-order valence-electron chi connectivity index (χ4n) is 2.00. The molecule has 0 radical (unpaired) electrons. The topological polar surface area (TPSA) is 81.9 Å². The molecule has 1 amide bonds. The van der Waals surface area contributed by atoms with Gasteiger partial charge in [0, 0.05) is 19.2 Å². The molecule has 1 aliphatic rings. The van der Waals surface area contributed by atoms with Crippen molar-refractivity contribution in [2.45, 2.75) is 0 Å². The van der Waals surface area contributed by atoms with Crippen LogP contribution in [0.15, 0.2) is 24.3 Å². The Balaban J connectivity index is 2.16. The number of hydrogen-bond acceptors (Lipinski definition) is 5. The molecule has 0 spiro atoms. The average Bonchev–Trinajstić information content (AvgIpc) is 2.53. The number of rotatable bonds is 4. The maximum absolute atomic E-state index is 12.0. The van der Waals surface area contributed by atoms with Crippen molar-refractivity contribution in [3.8, 4) is 5.75 Å². The molecule has 1 fully saturated rings. The number of carbonyl (C=O) groups is 1. The number of amides is 1. The van der Waals surface area contributed by atoms with Crippen LogP contribution in [0.2, 0.25) is 0 Å². The standard InChI is InChI=1S/C14H16N2O5/c1-20-12-4-2-11(13(10-12)16(18)19)3-5-14(17)15-6-8-21-9-7-15/h2-5,10H,6-9H2,1H3. The van der Waals surface area contributed by atoms with Crippen LogP contribution in [0.1, 0.15) is 5.56 Å². The maximum atomic E-state index is 12.0. The van der Waals surface area contributed by atoms with E-state index in [0.717, 1.165) is 0 Å². The van der Waals surface area contributed by atoms with E-state index in [1.54, 1.807) is 17.0 Å². The highest BCUT2D eigenvalue weighted by Gasteiger charge is 2.16. The van der Waals surface area contributed by atoms with E-state index < -0.39 is 4.92 Å². The number of nitro groups is 1. The van der Waals surface area contributed by atoms with Gasteiger partial charge in [-0.2, -0.15) is 0 Å². The summed E-state index contributed by atoms with van der Waals surface area (Å²) < 4.78 is 10.1. The van der Waals surface area contributed by atoms with Crippen molar-refractivity contribution in [2.75, 3.05) is 33.4 Å². The molecule has 0 unspecified atom stereocenters. The normalized spacial score (nSPS) is 15.2. The third-order valence-corrected chi connectivity index (χ3v) is 3.16. The van der Waals surface area contributed by atoms with Crippen LogP contribution in [0.3, 0.4) is 0 Å². The van der Waals surface area contributed by atoms with Crippen LogP contribution in [-0.2, 0) is 9.53 Å². The van der Waals surface area contributed by atoms with E-state index in [9.17, 15) is 14.9 Å². The molecule has 0 aromatic heterocycles. The first-order valence-electron chi connectivity index (χ1n) is 6.49. The molecule has 2 rings (SSSR count). The minimum atomic E-state index is -0.499. The number of hydrogen-bond donors (Lipinski definition) is 0. The van der Waals surface area contributed by atoms with Crippen LogP contribution in [0.4, 0.5) is 5.69 Å².